The van der Waals surface area contributed by atoms with Crippen LogP contribution in [0.25, 0.3) is 16.6 Å². The van der Waals surface area contributed by atoms with E-state index in [1.54, 1.807) is 7.11 Å². The van der Waals surface area contributed by atoms with E-state index >= 15 is 0 Å². The minimum absolute atomic E-state index is 0.0359. The molecule has 0 bridgehead atoms. The van der Waals surface area contributed by atoms with Crippen LogP contribution >= 0.6 is 0 Å². The Balaban J connectivity index is 1.86. The van der Waals surface area contributed by atoms with Crippen LogP contribution in [-0.4, -0.2) is 55.4 Å². The largest absolute Gasteiger partial charge is 0.497 e. The van der Waals surface area contributed by atoms with Gasteiger partial charge >= 0.3 is 0 Å². The van der Waals surface area contributed by atoms with Gasteiger partial charge in [-0.15, -0.1) is 0 Å². The molecule has 1 amide bonds. The second kappa shape index (κ2) is 8.17. The molecule has 3 aromatic rings. The lowest BCUT2D eigenvalue weighted by Gasteiger charge is -2.27. The van der Waals surface area contributed by atoms with Crippen molar-refractivity contribution in [3.05, 3.63) is 53.7 Å². The minimum atomic E-state index is 0.0359. The Labute approximate surface area is 170 Å². The second-order valence-corrected chi connectivity index (χ2v) is 7.01. The third kappa shape index (κ3) is 3.56. The van der Waals surface area contributed by atoms with Gasteiger partial charge in [0.1, 0.15) is 11.5 Å². The third-order valence-corrected chi connectivity index (χ3v) is 5.33. The molecule has 0 radical (unpaired) electrons. The van der Waals surface area contributed by atoms with Crippen molar-refractivity contribution in [1.29, 1.82) is 0 Å². The predicted octanol–water partition coefficient (Wildman–Crippen LogP) is 3.82. The zero-order valence-electron chi connectivity index (χ0n) is 17.1. The summed E-state index contributed by atoms with van der Waals surface area (Å²) in [6.45, 7) is 6.96. The molecule has 1 aromatic heterocycles. The van der Waals surface area contributed by atoms with Gasteiger partial charge in [-0.05, 0) is 56.3 Å². The van der Waals surface area contributed by atoms with Crippen LogP contribution < -0.4 is 9.47 Å². The Morgan fingerprint density at radius 1 is 1.07 bits per heavy atom. The van der Waals surface area contributed by atoms with Crippen LogP contribution in [0.3, 0.4) is 0 Å². The van der Waals surface area contributed by atoms with Crippen molar-refractivity contribution < 1.29 is 19.0 Å². The molecule has 4 rings (SSSR count). The quantitative estimate of drug-likeness (QED) is 0.660. The summed E-state index contributed by atoms with van der Waals surface area (Å²) in [6.07, 6.45) is 0. The predicted molar refractivity (Wildman–Crippen MR) is 112 cm³/mol. The monoisotopic (exact) mass is 394 g/mol. The van der Waals surface area contributed by atoms with E-state index in [1.807, 2.05) is 61.2 Å². The number of benzene rings is 2. The number of carbonyl (C=O) groups is 1. The molecule has 2 heterocycles. The van der Waals surface area contributed by atoms with E-state index in [-0.39, 0.29) is 5.91 Å². The highest BCUT2D eigenvalue weighted by molar-refractivity contribution is 6.09. The number of amides is 1. The van der Waals surface area contributed by atoms with Crippen LogP contribution in [-0.2, 0) is 4.74 Å². The molecule has 1 aliphatic rings. The molecule has 0 atom stereocenters. The molecule has 6 nitrogen and oxygen atoms in total. The first-order valence-electron chi connectivity index (χ1n) is 9.93. The van der Waals surface area contributed by atoms with Gasteiger partial charge in [-0.3, -0.25) is 4.79 Å². The molecular formula is C23H26N2O4. The Morgan fingerprint density at radius 3 is 2.41 bits per heavy atom. The van der Waals surface area contributed by atoms with Crippen LogP contribution in [0.15, 0.2) is 42.5 Å². The summed E-state index contributed by atoms with van der Waals surface area (Å²) in [5, 5.41) is 0.896. The first-order valence-corrected chi connectivity index (χ1v) is 9.93. The molecule has 0 saturated carbocycles. The van der Waals surface area contributed by atoms with Gasteiger partial charge in [-0.2, -0.15) is 0 Å². The van der Waals surface area contributed by atoms with Gasteiger partial charge in [0.05, 0.1) is 38.0 Å². The summed E-state index contributed by atoms with van der Waals surface area (Å²) in [4.78, 5) is 15.3. The van der Waals surface area contributed by atoms with Crippen LogP contribution in [0.2, 0.25) is 0 Å². The fourth-order valence-corrected chi connectivity index (χ4v) is 3.91. The number of nitrogens with zero attached hydrogens (tertiary/aromatic N) is 2. The van der Waals surface area contributed by atoms with Gasteiger partial charge in [0, 0.05) is 29.9 Å². The van der Waals surface area contributed by atoms with Gasteiger partial charge in [0.25, 0.3) is 5.91 Å². The van der Waals surface area contributed by atoms with Crippen molar-refractivity contribution in [2.75, 3.05) is 40.0 Å². The number of hydrogen-bond donors (Lipinski definition) is 0. The second-order valence-electron chi connectivity index (χ2n) is 7.01. The third-order valence-electron chi connectivity index (χ3n) is 5.33. The average Bonchev–Trinajstić information content (AvgIpc) is 3.05. The molecule has 0 aliphatic carbocycles. The maximum Gasteiger partial charge on any atom is 0.256 e. The van der Waals surface area contributed by atoms with Gasteiger partial charge in [-0.1, -0.05) is 0 Å². The molecular weight excluding hydrogens is 368 g/mol. The lowest BCUT2D eigenvalue weighted by Crippen LogP contribution is -2.40. The van der Waals surface area contributed by atoms with E-state index in [1.165, 1.54) is 0 Å². The number of fused-ring (bicyclic) bond motifs is 1. The van der Waals surface area contributed by atoms with Crippen molar-refractivity contribution in [3.8, 4) is 17.2 Å². The molecule has 29 heavy (non-hydrogen) atoms. The standard InChI is InChI=1S/C23H26N2O4/c1-4-29-18-7-5-17(6-8-18)25-16(2)22(23(26)24-11-13-28-14-12-24)20-15-19(27-3)9-10-21(20)25/h5-10,15H,4,11-14H2,1-3H3. The zero-order valence-corrected chi connectivity index (χ0v) is 17.1. The van der Waals surface area contributed by atoms with E-state index in [0.29, 0.717) is 32.9 Å². The average molecular weight is 394 g/mol. The maximum atomic E-state index is 13.4. The topological polar surface area (TPSA) is 52.9 Å². The summed E-state index contributed by atoms with van der Waals surface area (Å²) in [6, 6.07) is 13.8. The molecule has 0 unspecified atom stereocenters. The molecule has 1 aliphatic heterocycles. The minimum Gasteiger partial charge on any atom is -0.497 e. The Morgan fingerprint density at radius 2 is 1.76 bits per heavy atom. The van der Waals surface area contributed by atoms with Crippen molar-refractivity contribution in [2.45, 2.75) is 13.8 Å². The van der Waals surface area contributed by atoms with Crippen LogP contribution in [0.5, 0.6) is 11.5 Å². The zero-order chi connectivity index (χ0) is 20.4. The Bertz CT molecular complexity index is 1020. The number of ether oxygens (including phenoxy) is 3. The molecule has 2 aromatic carbocycles. The summed E-state index contributed by atoms with van der Waals surface area (Å²) >= 11 is 0. The van der Waals surface area contributed by atoms with Crippen molar-refractivity contribution in [2.24, 2.45) is 0 Å². The highest BCUT2D eigenvalue weighted by Gasteiger charge is 2.26. The normalized spacial score (nSPS) is 14.2. The van der Waals surface area contributed by atoms with Gasteiger partial charge in [-0.25, -0.2) is 0 Å². The summed E-state index contributed by atoms with van der Waals surface area (Å²) in [5.41, 5.74) is 3.59. The molecule has 1 saturated heterocycles. The number of hydrogen-bond acceptors (Lipinski definition) is 4. The van der Waals surface area contributed by atoms with Crippen LogP contribution in [0, 0.1) is 6.92 Å². The van der Waals surface area contributed by atoms with Gasteiger partial charge in [0.2, 0.25) is 0 Å². The number of methoxy groups -OCH3 is 1. The van der Waals surface area contributed by atoms with E-state index < -0.39 is 0 Å². The number of aromatic nitrogens is 1. The lowest BCUT2D eigenvalue weighted by atomic mass is 10.1. The highest BCUT2D eigenvalue weighted by Crippen LogP contribution is 2.33. The lowest BCUT2D eigenvalue weighted by molar-refractivity contribution is 0.0303. The van der Waals surface area contributed by atoms with Crippen molar-refractivity contribution in [1.82, 2.24) is 9.47 Å². The van der Waals surface area contributed by atoms with Crippen LogP contribution in [0.4, 0.5) is 0 Å². The summed E-state index contributed by atoms with van der Waals surface area (Å²) in [7, 11) is 1.64. The van der Waals surface area contributed by atoms with E-state index in [9.17, 15) is 4.79 Å². The van der Waals surface area contributed by atoms with Crippen molar-refractivity contribution in [3.63, 3.8) is 0 Å². The Kier molecular flexibility index (Phi) is 5.45. The molecule has 152 valence electrons. The SMILES string of the molecule is CCOc1ccc(-n2c(C)c(C(=O)N3CCOCC3)c3cc(OC)ccc32)cc1. The first kappa shape index (κ1) is 19.3. The fraction of sp³-hybridized carbons (Fsp3) is 0.348. The van der Waals surface area contributed by atoms with Gasteiger partial charge in [0.15, 0.2) is 0 Å². The Hall–Kier alpha value is -2.99. The highest BCUT2D eigenvalue weighted by atomic mass is 16.5. The van der Waals surface area contributed by atoms with Crippen molar-refractivity contribution >= 4 is 16.8 Å². The first-order chi connectivity index (χ1) is 14.1. The maximum absolute atomic E-state index is 13.4. The smallest absolute Gasteiger partial charge is 0.256 e. The van der Waals surface area contributed by atoms with E-state index in [4.69, 9.17) is 14.2 Å². The van der Waals surface area contributed by atoms with E-state index in [2.05, 4.69) is 4.57 Å². The number of morpholine rings is 1. The van der Waals surface area contributed by atoms with Crippen LogP contribution in [0.1, 0.15) is 23.0 Å². The number of carbonyl (C=O) groups excluding carboxylic acids is 1. The summed E-state index contributed by atoms with van der Waals surface area (Å²) in [5.74, 6) is 1.60. The number of rotatable bonds is 5. The summed E-state index contributed by atoms with van der Waals surface area (Å²) < 4.78 is 18.5. The van der Waals surface area contributed by atoms with E-state index in [0.717, 1.165) is 39.3 Å². The molecule has 1 fully saturated rings. The molecule has 0 spiro atoms. The fourth-order valence-electron chi connectivity index (χ4n) is 3.91. The van der Waals surface area contributed by atoms with Gasteiger partial charge < -0.3 is 23.7 Å². The molecule has 0 N–H and O–H groups in total. The molecule has 6 heteroatoms.